The molecular formula is C19H29N3O3. The van der Waals surface area contributed by atoms with Gasteiger partial charge in [0.05, 0.1) is 5.92 Å². The molecule has 2 aliphatic heterocycles. The monoisotopic (exact) mass is 347 g/mol. The van der Waals surface area contributed by atoms with Crippen molar-refractivity contribution in [3.8, 4) is 0 Å². The van der Waals surface area contributed by atoms with Crippen molar-refractivity contribution < 1.29 is 14.4 Å². The molecule has 4 fully saturated rings. The van der Waals surface area contributed by atoms with E-state index < -0.39 is 0 Å². The van der Waals surface area contributed by atoms with Crippen molar-refractivity contribution in [3.63, 3.8) is 0 Å². The highest BCUT2D eigenvalue weighted by Crippen LogP contribution is 2.33. The highest BCUT2D eigenvalue weighted by molar-refractivity contribution is 5.89. The smallest absolute Gasteiger partial charge is 0.225 e. The first-order valence-corrected chi connectivity index (χ1v) is 9.94. The van der Waals surface area contributed by atoms with E-state index in [0.29, 0.717) is 36.6 Å². The van der Waals surface area contributed by atoms with E-state index in [9.17, 15) is 14.4 Å². The Morgan fingerprint density at radius 1 is 0.960 bits per heavy atom. The third kappa shape index (κ3) is 4.15. The molecule has 1 N–H and O–H groups in total. The van der Waals surface area contributed by atoms with Crippen LogP contribution in [-0.4, -0.2) is 60.2 Å². The molecule has 0 radical (unpaired) electrons. The Bertz CT molecular complexity index is 548. The van der Waals surface area contributed by atoms with Crippen molar-refractivity contribution in [3.05, 3.63) is 0 Å². The molecule has 2 saturated carbocycles. The first-order valence-electron chi connectivity index (χ1n) is 9.94. The molecule has 6 heteroatoms. The molecule has 6 nitrogen and oxygen atoms in total. The lowest BCUT2D eigenvalue weighted by Gasteiger charge is -2.34. The van der Waals surface area contributed by atoms with Crippen molar-refractivity contribution in [2.75, 3.05) is 32.7 Å². The van der Waals surface area contributed by atoms with Crippen LogP contribution in [0.15, 0.2) is 0 Å². The van der Waals surface area contributed by atoms with Crippen molar-refractivity contribution >= 4 is 17.7 Å². The summed E-state index contributed by atoms with van der Waals surface area (Å²) in [7, 11) is 0. The molecule has 0 spiro atoms. The van der Waals surface area contributed by atoms with Gasteiger partial charge >= 0.3 is 0 Å². The SMILES string of the molecule is O=C(NCC1CC1)C1CC(=O)N(CC2CCN(C(=O)C3CC3)CC2)C1. The van der Waals surface area contributed by atoms with Gasteiger partial charge in [-0.25, -0.2) is 0 Å². The van der Waals surface area contributed by atoms with Crippen LogP contribution in [0.3, 0.4) is 0 Å². The number of nitrogens with one attached hydrogen (secondary N) is 1. The molecule has 1 unspecified atom stereocenters. The molecule has 2 aliphatic carbocycles. The molecule has 4 aliphatic rings. The number of carbonyl (C=O) groups excluding carboxylic acids is 3. The van der Waals surface area contributed by atoms with Crippen LogP contribution in [0, 0.1) is 23.7 Å². The molecule has 2 saturated heterocycles. The van der Waals surface area contributed by atoms with Gasteiger partial charge in [0.1, 0.15) is 0 Å². The van der Waals surface area contributed by atoms with Crippen molar-refractivity contribution in [1.82, 2.24) is 15.1 Å². The molecule has 3 amide bonds. The number of piperidine rings is 1. The van der Waals surface area contributed by atoms with E-state index in [2.05, 4.69) is 5.32 Å². The molecule has 138 valence electrons. The molecule has 4 rings (SSSR count). The average molecular weight is 347 g/mol. The standard InChI is InChI=1S/C19H29N3O3/c23-17-9-16(18(24)20-10-13-1-2-13)12-22(17)11-14-5-7-21(8-6-14)19(25)15-3-4-15/h13-16H,1-12H2,(H,20,24). The second kappa shape index (κ2) is 6.96. The fourth-order valence-electron chi connectivity index (χ4n) is 4.07. The van der Waals surface area contributed by atoms with Crippen LogP contribution in [0.25, 0.3) is 0 Å². The number of likely N-dealkylation sites (tertiary alicyclic amines) is 2. The number of nitrogens with zero attached hydrogens (tertiary/aromatic N) is 2. The Kier molecular flexibility index (Phi) is 4.69. The van der Waals surface area contributed by atoms with E-state index in [1.807, 2.05) is 9.80 Å². The molecule has 0 bridgehead atoms. The van der Waals surface area contributed by atoms with Crippen molar-refractivity contribution in [2.24, 2.45) is 23.7 Å². The van der Waals surface area contributed by atoms with Crippen molar-refractivity contribution in [2.45, 2.75) is 44.9 Å². The summed E-state index contributed by atoms with van der Waals surface area (Å²) in [6, 6.07) is 0. The normalized spacial score (nSPS) is 27.7. The van der Waals surface area contributed by atoms with E-state index in [4.69, 9.17) is 0 Å². The summed E-state index contributed by atoms with van der Waals surface area (Å²) in [6.07, 6.45) is 6.86. The van der Waals surface area contributed by atoms with Gasteiger partial charge in [0.15, 0.2) is 0 Å². The Morgan fingerprint density at radius 2 is 1.68 bits per heavy atom. The second-order valence-corrected chi connectivity index (χ2v) is 8.43. The topological polar surface area (TPSA) is 69.7 Å². The van der Waals surface area contributed by atoms with Gasteiger partial charge in [0.2, 0.25) is 17.7 Å². The summed E-state index contributed by atoms with van der Waals surface area (Å²) in [5, 5.41) is 3.00. The number of hydrogen-bond donors (Lipinski definition) is 1. The molecule has 0 aromatic carbocycles. The van der Waals surface area contributed by atoms with E-state index in [-0.39, 0.29) is 17.7 Å². The zero-order chi connectivity index (χ0) is 17.4. The van der Waals surface area contributed by atoms with Crippen LogP contribution in [-0.2, 0) is 14.4 Å². The fourth-order valence-corrected chi connectivity index (χ4v) is 4.07. The lowest BCUT2D eigenvalue weighted by atomic mass is 9.96. The maximum absolute atomic E-state index is 12.3. The number of carbonyl (C=O) groups is 3. The van der Waals surface area contributed by atoms with E-state index >= 15 is 0 Å². The molecule has 1 atom stereocenters. The Morgan fingerprint density at radius 3 is 2.32 bits per heavy atom. The van der Waals surface area contributed by atoms with Gasteiger partial charge in [-0.1, -0.05) is 0 Å². The van der Waals surface area contributed by atoms with Crippen LogP contribution < -0.4 is 5.32 Å². The predicted molar refractivity (Wildman–Crippen MR) is 92.4 cm³/mol. The summed E-state index contributed by atoms with van der Waals surface area (Å²) in [4.78, 5) is 40.5. The van der Waals surface area contributed by atoms with Gasteiger partial charge in [0.25, 0.3) is 0 Å². The van der Waals surface area contributed by atoms with Crippen LogP contribution in [0.5, 0.6) is 0 Å². The quantitative estimate of drug-likeness (QED) is 0.780. The zero-order valence-corrected chi connectivity index (χ0v) is 14.9. The number of rotatable bonds is 6. The van der Waals surface area contributed by atoms with Gasteiger partial charge < -0.3 is 15.1 Å². The Balaban J connectivity index is 1.20. The fraction of sp³-hybridized carbons (Fsp3) is 0.842. The van der Waals surface area contributed by atoms with Crippen LogP contribution in [0.1, 0.15) is 44.9 Å². The summed E-state index contributed by atoms with van der Waals surface area (Å²) >= 11 is 0. The van der Waals surface area contributed by atoms with Gasteiger partial charge in [-0.3, -0.25) is 14.4 Å². The zero-order valence-electron chi connectivity index (χ0n) is 14.9. The van der Waals surface area contributed by atoms with Crippen LogP contribution >= 0.6 is 0 Å². The first kappa shape index (κ1) is 16.9. The van der Waals surface area contributed by atoms with Gasteiger partial charge in [-0.15, -0.1) is 0 Å². The van der Waals surface area contributed by atoms with Crippen LogP contribution in [0.2, 0.25) is 0 Å². The summed E-state index contributed by atoms with van der Waals surface area (Å²) in [6.45, 7) is 3.74. The number of hydrogen-bond acceptors (Lipinski definition) is 3. The maximum Gasteiger partial charge on any atom is 0.225 e. The molecule has 0 aromatic rings. The summed E-state index contributed by atoms with van der Waals surface area (Å²) in [5.41, 5.74) is 0. The minimum Gasteiger partial charge on any atom is -0.356 e. The largest absolute Gasteiger partial charge is 0.356 e. The molecular weight excluding hydrogens is 318 g/mol. The third-order valence-corrected chi connectivity index (χ3v) is 6.18. The van der Waals surface area contributed by atoms with Gasteiger partial charge in [0, 0.05) is 45.1 Å². The third-order valence-electron chi connectivity index (χ3n) is 6.18. The Hall–Kier alpha value is -1.59. The minimum atomic E-state index is -0.178. The highest BCUT2D eigenvalue weighted by Gasteiger charge is 2.38. The van der Waals surface area contributed by atoms with Gasteiger partial charge in [-0.2, -0.15) is 0 Å². The molecule has 0 aromatic heterocycles. The average Bonchev–Trinajstić information content (AvgIpc) is 3.53. The minimum absolute atomic E-state index is 0.0487. The van der Waals surface area contributed by atoms with E-state index in [1.165, 1.54) is 12.8 Å². The van der Waals surface area contributed by atoms with E-state index in [0.717, 1.165) is 51.9 Å². The molecule has 25 heavy (non-hydrogen) atoms. The lowest BCUT2D eigenvalue weighted by Crippen LogP contribution is -2.42. The second-order valence-electron chi connectivity index (χ2n) is 8.43. The maximum atomic E-state index is 12.3. The van der Waals surface area contributed by atoms with Gasteiger partial charge in [-0.05, 0) is 50.4 Å². The summed E-state index contributed by atoms with van der Waals surface area (Å²) in [5.74, 6) is 1.74. The number of amides is 3. The highest BCUT2D eigenvalue weighted by atomic mass is 16.2. The first-order chi connectivity index (χ1) is 12.1. The predicted octanol–water partition coefficient (Wildman–Crippen LogP) is 1.01. The van der Waals surface area contributed by atoms with E-state index in [1.54, 1.807) is 0 Å². The summed E-state index contributed by atoms with van der Waals surface area (Å²) < 4.78 is 0. The molecule has 2 heterocycles. The Labute approximate surface area is 149 Å². The van der Waals surface area contributed by atoms with Crippen molar-refractivity contribution in [1.29, 1.82) is 0 Å². The van der Waals surface area contributed by atoms with Crippen LogP contribution in [0.4, 0.5) is 0 Å². The lowest BCUT2D eigenvalue weighted by molar-refractivity contribution is -0.135.